The molecule has 0 aromatic heterocycles. The molecule has 2 atom stereocenters. The van der Waals surface area contributed by atoms with Crippen LogP contribution in [-0.4, -0.2) is 35.0 Å². The Kier molecular flexibility index (Phi) is 3.83. The van der Waals surface area contributed by atoms with Crippen molar-refractivity contribution in [1.82, 2.24) is 4.90 Å². The summed E-state index contributed by atoms with van der Waals surface area (Å²) in [4.78, 5) is 24.6. The molecule has 1 heterocycles. The fourth-order valence-electron chi connectivity index (χ4n) is 2.41. The topological polar surface area (TPSA) is 57.6 Å². The van der Waals surface area contributed by atoms with Gasteiger partial charge in [0.1, 0.15) is 5.82 Å². The normalized spacial score (nSPS) is 22.5. The molecular formula is C14H16FNO3. The Labute approximate surface area is 110 Å². The van der Waals surface area contributed by atoms with Gasteiger partial charge in [-0.05, 0) is 17.5 Å². The van der Waals surface area contributed by atoms with Gasteiger partial charge >= 0.3 is 5.97 Å². The van der Waals surface area contributed by atoms with E-state index in [4.69, 9.17) is 5.11 Å². The fourth-order valence-corrected chi connectivity index (χ4v) is 2.41. The van der Waals surface area contributed by atoms with Crippen LogP contribution in [0.5, 0.6) is 0 Å². The van der Waals surface area contributed by atoms with Crippen molar-refractivity contribution in [1.29, 1.82) is 0 Å². The molecule has 1 aromatic rings. The maximum atomic E-state index is 13.5. The zero-order valence-corrected chi connectivity index (χ0v) is 10.7. The number of amides is 1. The molecule has 0 bridgehead atoms. The van der Waals surface area contributed by atoms with Crippen LogP contribution < -0.4 is 0 Å². The minimum absolute atomic E-state index is 0.0221. The molecule has 1 amide bonds. The van der Waals surface area contributed by atoms with Gasteiger partial charge in [-0.2, -0.15) is 0 Å². The summed E-state index contributed by atoms with van der Waals surface area (Å²) in [5.74, 6) is -2.10. The van der Waals surface area contributed by atoms with E-state index in [1.807, 2.05) is 6.92 Å². The van der Waals surface area contributed by atoms with Gasteiger partial charge in [-0.1, -0.05) is 25.1 Å². The van der Waals surface area contributed by atoms with Gasteiger partial charge in [0.05, 0.1) is 12.3 Å². The van der Waals surface area contributed by atoms with Crippen molar-refractivity contribution in [2.24, 2.45) is 11.8 Å². The van der Waals surface area contributed by atoms with E-state index >= 15 is 0 Å². The second-order valence-electron chi connectivity index (χ2n) is 4.99. The highest BCUT2D eigenvalue weighted by atomic mass is 19.1. The first-order valence-corrected chi connectivity index (χ1v) is 6.23. The molecule has 2 rings (SSSR count). The summed E-state index contributed by atoms with van der Waals surface area (Å²) in [5, 5.41) is 9.02. The number of nitrogens with zero attached hydrogens (tertiary/aromatic N) is 1. The molecule has 4 nitrogen and oxygen atoms in total. The molecule has 1 N–H and O–H groups in total. The maximum Gasteiger partial charge on any atom is 0.308 e. The lowest BCUT2D eigenvalue weighted by atomic mass is 9.99. The number of likely N-dealkylation sites (tertiary alicyclic amines) is 1. The number of carbonyl (C=O) groups is 2. The van der Waals surface area contributed by atoms with Gasteiger partial charge < -0.3 is 10.0 Å². The Hall–Kier alpha value is -1.91. The standard InChI is InChI=1S/C14H16FNO3/c1-9-7-16(8-11(9)14(18)19)13(17)6-10-4-2-3-5-12(10)15/h2-5,9,11H,6-8H2,1H3,(H,18,19). The van der Waals surface area contributed by atoms with E-state index < -0.39 is 17.7 Å². The van der Waals surface area contributed by atoms with Crippen molar-refractivity contribution in [3.05, 3.63) is 35.6 Å². The molecular weight excluding hydrogens is 249 g/mol. The number of benzene rings is 1. The first-order chi connectivity index (χ1) is 8.99. The van der Waals surface area contributed by atoms with E-state index in [0.717, 1.165) is 0 Å². The van der Waals surface area contributed by atoms with Crippen LogP contribution in [0.1, 0.15) is 12.5 Å². The van der Waals surface area contributed by atoms with Crippen LogP contribution in [0.2, 0.25) is 0 Å². The van der Waals surface area contributed by atoms with Crippen LogP contribution >= 0.6 is 0 Å². The summed E-state index contributed by atoms with van der Waals surface area (Å²) in [7, 11) is 0. The van der Waals surface area contributed by atoms with Crippen molar-refractivity contribution >= 4 is 11.9 Å². The van der Waals surface area contributed by atoms with Crippen LogP contribution in [0, 0.1) is 17.7 Å². The zero-order valence-electron chi connectivity index (χ0n) is 10.7. The van der Waals surface area contributed by atoms with Gasteiger partial charge in [0, 0.05) is 13.1 Å². The lowest BCUT2D eigenvalue weighted by Crippen LogP contribution is -2.31. The molecule has 1 aliphatic rings. The molecule has 2 unspecified atom stereocenters. The monoisotopic (exact) mass is 265 g/mol. The zero-order chi connectivity index (χ0) is 14.0. The van der Waals surface area contributed by atoms with Crippen LogP contribution in [0.15, 0.2) is 24.3 Å². The highest BCUT2D eigenvalue weighted by Crippen LogP contribution is 2.24. The number of carboxylic acids is 1. The Bertz CT molecular complexity index is 503. The number of aliphatic carboxylic acids is 1. The number of carboxylic acid groups (broad SMARTS) is 1. The van der Waals surface area contributed by atoms with Crippen LogP contribution in [0.25, 0.3) is 0 Å². The Balaban J connectivity index is 2.02. The van der Waals surface area contributed by atoms with Crippen molar-refractivity contribution in [2.75, 3.05) is 13.1 Å². The highest BCUT2D eigenvalue weighted by Gasteiger charge is 2.36. The van der Waals surface area contributed by atoms with Crippen molar-refractivity contribution in [2.45, 2.75) is 13.3 Å². The molecule has 19 heavy (non-hydrogen) atoms. The second-order valence-corrected chi connectivity index (χ2v) is 4.99. The Morgan fingerprint density at radius 1 is 1.37 bits per heavy atom. The van der Waals surface area contributed by atoms with Gasteiger partial charge in [-0.3, -0.25) is 9.59 Å². The van der Waals surface area contributed by atoms with Gasteiger partial charge in [-0.25, -0.2) is 4.39 Å². The number of halogens is 1. The third kappa shape index (κ3) is 2.92. The average Bonchev–Trinajstić information content (AvgIpc) is 2.74. The van der Waals surface area contributed by atoms with E-state index in [1.54, 1.807) is 18.2 Å². The predicted octanol–water partition coefficient (Wildman–Crippen LogP) is 1.55. The number of rotatable bonds is 3. The number of hydrogen-bond acceptors (Lipinski definition) is 2. The molecule has 1 fully saturated rings. The lowest BCUT2D eigenvalue weighted by Gasteiger charge is -2.16. The molecule has 0 saturated carbocycles. The summed E-state index contributed by atoms with van der Waals surface area (Å²) >= 11 is 0. The van der Waals surface area contributed by atoms with Gasteiger partial charge in [0.2, 0.25) is 5.91 Å². The molecule has 0 aliphatic carbocycles. The average molecular weight is 265 g/mol. The largest absolute Gasteiger partial charge is 0.481 e. The molecule has 5 heteroatoms. The summed E-state index contributed by atoms with van der Waals surface area (Å²) in [6.45, 7) is 2.45. The third-order valence-corrected chi connectivity index (χ3v) is 3.58. The minimum atomic E-state index is -0.881. The highest BCUT2D eigenvalue weighted by molar-refractivity contribution is 5.81. The summed E-state index contributed by atoms with van der Waals surface area (Å²) < 4.78 is 13.5. The van der Waals surface area contributed by atoms with Gasteiger partial charge in [0.15, 0.2) is 0 Å². The first-order valence-electron chi connectivity index (χ1n) is 6.23. The smallest absolute Gasteiger partial charge is 0.308 e. The minimum Gasteiger partial charge on any atom is -0.481 e. The lowest BCUT2D eigenvalue weighted by molar-refractivity contribution is -0.142. The van der Waals surface area contributed by atoms with Crippen LogP contribution in [-0.2, 0) is 16.0 Å². The first kappa shape index (κ1) is 13.5. The fraction of sp³-hybridized carbons (Fsp3) is 0.429. The predicted molar refractivity (Wildman–Crippen MR) is 67.0 cm³/mol. The third-order valence-electron chi connectivity index (χ3n) is 3.58. The molecule has 1 saturated heterocycles. The Morgan fingerprint density at radius 3 is 2.63 bits per heavy atom. The molecule has 0 radical (unpaired) electrons. The Morgan fingerprint density at radius 2 is 2.05 bits per heavy atom. The van der Waals surface area contributed by atoms with E-state index in [2.05, 4.69) is 0 Å². The van der Waals surface area contributed by atoms with E-state index in [-0.39, 0.29) is 24.8 Å². The van der Waals surface area contributed by atoms with Crippen molar-refractivity contribution in [3.63, 3.8) is 0 Å². The number of hydrogen-bond donors (Lipinski definition) is 1. The summed E-state index contributed by atoms with van der Waals surface area (Å²) in [5.41, 5.74) is 0.346. The number of carbonyl (C=O) groups excluding carboxylic acids is 1. The molecule has 1 aliphatic heterocycles. The maximum absolute atomic E-state index is 13.5. The summed E-state index contributed by atoms with van der Waals surface area (Å²) in [6.07, 6.45) is -0.0221. The van der Waals surface area contributed by atoms with Gasteiger partial charge in [-0.15, -0.1) is 0 Å². The van der Waals surface area contributed by atoms with E-state index in [0.29, 0.717) is 12.1 Å². The van der Waals surface area contributed by atoms with Gasteiger partial charge in [0.25, 0.3) is 0 Å². The van der Waals surface area contributed by atoms with Crippen molar-refractivity contribution in [3.8, 4) is 0 Å². The van der Waals surface area contributed by atoms with E-state index in [1.165, 1.54) is 11.0 Å². The summed E-state index contributed by atoms with van der Waals surface area (Å²) in [6, 6.07) is 6.14. The quantitative estimate of drug-likeness (QED) is 0.902. The molecule has 1 aromatic carbocycles. The van der Waals surface area contributed by atoms with Crippen LogP contribution in [0.4, 0.5) is 4.39 Å². The molecule has 102 valence electrons. The van der Waals surface area contributed by atoms with Crippen LogP contribution in [0.3, 0.4) is 0 Å². The second kappa shape index (κ2) is 5.38. The van der Waals surface area contributed by atoms with Crippen molar-refractivity contribution < 1.29 is 19.1 Å². The SMILES string of the molecule is CC1CN(C(=O)Cc2ccccc2F)CC1C(=O)O. The van der Waals surface area contributed by atoms with E-state index in [9.17, 15) is 14.0 Å². The molecule has 0 spiro atoms.